The van der Waals surface area contributed by atoms with Crippen LogP contribution < -0.4 is 9.88 Å². The van der Waals surface area contributed by atoms with Crippen LogP contribution in [-0.2, 0) is 10.0 Å². The number of para-hydroxylation sites is 1. The highest BCUT2D eigenvalue weighted by atomic mass is 32.2. The monoisotopic (exact) mass is 289 g/mol. The Balaban J connectivity index is 2.55. The molecule has 0 aliphatic carbocycles. The van der Waals surface area contributed by atoms with Crippen LogP contribution in [0.2, 0.25) is 0 Å². The molecule has 0 amide bonds. The molecule has 0 unspecified atom stereocenters. The van der Waals surface area contributed by atoms with Crippen LogP contribution in [-0.4, -0.2) is 15.5 Å². The highest BCUT2D eigenvalue weighted by Gasteiger charge is 2.08. The Morgan fingerprint density at radius 2 is 1.60 bits per heavy atom. The number of ether oxygens (including phenoxy) is 1. The summed E-state index contributed by atoms with van der Waals surface area (Å²) in [5.74, 6) is 0.726. The lowest BCUT2D eigenvalue weighted by atomic mass is 9.99. The van der Waals surface area contributed by atoms with E-state index < -0.39 is 10.0 Å². The Morgan fingerprint density at radius 3 is 2.25 bits per heavy atom. The van der Waals surface area contributed by atoms with Gasteiger partial charge in [0.2, 0.25) is 10.0 Å². The summed E-state index contributed by atoms with van der Waals surface area (Å²) in [5, 5.41) is 5.98. The van der Waals surface area contributed by atoms with E-state index in [2.05, 4.69) is 0 Å². The van der Waals surface area contributed by atoms with Gasteiger partial charge in [-0.2, -0.15) is 0 Å². The van der Waals surface area contributed by atoms with Crippen molar-refractivity contribution in [2.45, 2.75) is 0 Å². The van der Waals surface area contributed by atoms with Gasteiger partial charge in [-0.1, -0.05) is 42.5 Å². The Labute approximate surface area is 118 Å². The van der Waals surface area contributed by atoms with Crippen molar-refractivity contribution in [2.75, 3.05) is 7.11 Å². The summed E-state index contributed by atoms with van der Waals surface area (Å²) in [6.07, 6.45) is 1.48. The molecule has 0 aromatic heterocycles. The molecule has 0 fully saturated rings. The molecule has 0 aliphatic heterocycles. The molecule has 0 saturated carbocycles. The summed E-state index contributed by atoms with van der Waals surface area (Å²) in [4.78, 5) is 0. The van der Waals surface area contributed by atoms with E-state index >= 15 is 0 Å². The van der Waals surface area contributed by atoms with Gasteiger partial charge in [0.15, 0.2) is 0 Å². The van der Waals surface area contributed by atoms with Crippen LogP contribution in [0.4, 0.5) is 0 Å². The summed E-state index contributed by atoms with van der Waals surface area (Å²) in [6, 6.07) is 15.0. The normalized spacial score (nSPS) is 11.7. The molecule has 0 aliphatic rings. The van der Waals surface area contributed by atoms with Gasteiger partial charge in [0.05, 0.1) is 7.11 Å². The molecule has 0 atom stereocenters. The first kappa shape index (κ1) is 14.3. The van der Waals surface area contributed by atoms with E-state index in [4.69, 9.17) is 9.88 Å². The topological polar surface area (TPSA) is 69.4 Å². The van der Waals surface area contributed by atoms with Gasteiger partial charge >= 0.3 is 0 Å². The number of primary sulfonamides is 1. The first-order chi connectivity index (χ1) is 9.51. The fourth-order valence-corrected chi connectivity index (χ4v) is 2.26. The molecule has 0 bridgehead atoms. The van der Waals surface area contributed by atoms with E-state index in [0.717, 1.165) is 27.8 Å². The Morgan fingerprint density at radius 1 is 1.00 bits per heavy atom. The van der Waals surface area contributed by atoms with Gasteiger partial charge in [0.25, 0.3) is 0 Å². The smallest absolute Gasteiger partial charge is 0.231 e. The second-order valence-corrected chi connectivity index (χ2v) is 5.63. The summed E-state index contributed by atoms with van der Waals surface area (Å²) in [7, 11) is -2.05. The van der Waals surface area contributed by atoms with Crippen LogP contribution in [0.3, 0.4) is 0 Å². The Bertz CT molecular complexity index is 736. The van der Waals surface area contributed by atoms with Crippen molar-refractivity contribution in [3.05, 3.63) is 59.5 Å². The average Bonchev–Trinajstić information content (AvgIpc) is 2.44. The summed E-state index contributed by atoms with van der Waals surface area (Å²) >= 11 is 0. The highest BCUT2D eigenvalue weighted by molar-refractivity contribution is 7.92. The number of benzene rings is 2. The van der Waals surface area contributed by atoms with E-state index in [0.29, 0.717) is 0 Å². The molecule has 0 spiro atoms. The van der Waals surface area contributed by atoms with Gasteiger partial charge in [0.1, 0.15) is 5.75 Å². The van der Waals surface area contributed by atoms with E-state index in [1.165, 1.54) is 6.08 Å². The lowest BCUT2D eigenvalue weighted by Gasteiger charge is -2.10. The quantitative estimate of drug-likeness (QED) is 0.940. The largest absolute Gasteiger partial charge is 0.496 e. The molecular weight excluding hydrogens is 274 g/mol. The van der Waals surface area contributed by atoms with Gasteiger partial charge in [-0.25, -0.2) is 13.6 Å². The fourth-order valence-electron chi connectivity index (χ4n) is 1.92. The maximum absolute atomic E-state index is 11.0. The minimum atomic E-state index is -3.65. The predicted octanol–water partition coefficient (Wildman–Crippen LogP) is 2.62. The number of methoxy groups -OCH3 is 1. The third-order valence-corrected chi connectivity index (χ3v) is 3.31. The zero-order chi connectivity index (χ0) is 14.6. The minimum absolute atomic E-state index is 0.726. The molecule has 2 N–H and O–H groups in total. The number of hydrogen-bond donors (Lipinski definition) is 1. The van der Waals surface area contributed by atoms with E-state index in [1.807, 2.05) is 48.5 Å². The first-order valence-electron chi connectivity index (χ1n) is 5.94. The molecule has 4 nitrogen and oxygen atoms in total. The van der Waals surface area contributed by atoms with Gasteiger partial charge in [-0.15, -0.1) is 0 Å². The van der Waals surface area contributed by atoms with Crippen molar-refractivity contribution in [3.63, 3.8) is 0 Å². The zero-order valence-corrected chi connectivity index (χ0v) is 11.8. The van der Waals surface area contributed by atoms with Crippen molar-refractivity contribution >= 4 is 16.1 Å². The van der Waals surface area contributed by atoms with Crippen LogP contribution in [0, 0.1) is 0 Å². The van der Waals surface area contributed by atoms with Crippen LogP contribution in [0.1, 0.15) is 5.56 Å². The van der Waals surface area contributed by atoms with Gasteiger partial charge < -0.3 is 4.74 Å². The maximum atomic E-state index is 11.0. The van der Waals surface area contributed by atoms with Crippen molar-refractivity contribution in [1.29, 1.82) is 0 Å². The standard InChI is InChI=1S/C15H15NO3S/c1-19-15-9-5-4-8-14(15)13-7-3-2-6-12(13)10-11-20(16,17)18/h2-11H,1H3,(H2,16,17,18)/b11-10+. The summed E-state index contributed by atoms with van der Waals surface area (Å²) in [5.41, 5.74) is 2.53. The minimum Gasteiger partial charge on any atom is -0.496 e. The van der Waals surface area contributed by atoms with Crippen LogP contribution in [0.5, 0.6) is 5.75 Å². The Kier molecular flexibility index (Phi) is 4.22. The van der Waals surface area contributed by atoms with Crippen molar-refractivity contribution in [1.82, 2.24) is 0 Å². The second kappa shape index (κ2) is 5.90. The second-order valence-electron chi connectivity index (χ2n) is 4.18. The fraction of sp³-hybridized carbons (Fsp3) is 0.0667. The predicted molar refractivity (Wildman–Crippen MR) is 80.6 cm³/mol. The van der Waals surface area contributed by atoms with Gasteiger partial charge in [-0.3, -0.25) is 0 Å². The Hall–Kier alpha value is -2.11. The maximum Gasteiger partial charge on any atom is 0.231 e. The molecule has 20 heavy (non-hydrogen) atoms. The first-order valence-corrected chi connectivity index (χ1v) is 7.55. The molecule has 0 radical (unpaired) electrons. The van der Waals surface area contributed by atoms with Crippen molar-refractivity contribution in [2.24, 2.45) is 5.14 Å². The van der Waals surface area contributed by atoms with Crippen LogP contribution >= 0.6 is 0 Å². The van der Waals surface area contributed by atoms with E-state index in [9.17, 15) is 8.42 Å². The molecule has 0 saturated heterocycles. The number of hydrogen-bond acceptors (Lipinski definition) is 3. The van der Waals surface area contributed by atoms with E-state index in [1.54, 1.807) is 7.11 Å². The molecule has 2 aromatic carbocycles. The highest BCUT2D eigenvalue weighted by Crippen LogP contribution is 2.32. The SMILES string of the molecule is COc1ccccc1-c1ccccc1/C=C/S(N)(=O)=O. The molecule has 104 valence electrons. The van der Waals surface area contributed by atoms with Crippen molar-refractivity contribution < 1.29 is 13.2 Å². The molecule has 0 heterocycles. The lowest BCUT2D eigenvalue weighted by molar-refractivity contribution is 0.416. The van der Waals surface area contributed by atoms with E-state index in [-0.39, 0.29) is 0 Å². The number of nitrogens with two attached hydrogens (primary N) is 1. The molecule has 5 heteroatoms. The number of rotatable bonds is 4. The summed E-state index contributed by atoms with van der Waals surface area (Å²) in [6.45, 7) is 0. The van der Waals surface area contributed by atoms with Gasteiger partial charge in [0, 0.05) is 11.0 Å². The molecule has 2 rings (SSSR count). The summed E-state index contributed by atoms with van der Waals surface area (Å²) < 4.78 is 27.4. The lowest BCUT2D eigenvalue weighted by Crippen LogP contribution is -2.06. The van der Waals surface area contributed by atoms with Crippen molar-refractivity contribution in [3.8, 4) is 16.9 Å². The van der Waals surface area contributed by atoms with Gasteiger partial charge in [-0.05, 0) is 23.3 Å². The molecule has 2 aromatic rings. The average molecular weight is 289 g/mol. The molecular formula is C15H15NO3S. The van der Waals surface area contributed by atoms with Crippen LogP contribution in [0.15, 0.2) is 53.9 Å². The van der Waals surface area contributed by atoms with Crippen LogP contribution in [0.25, 0.3) is 17.2 Å². The zero-order valence-electron chi connectivity index (χ0n) is 11.0. The third kappa shape index (κ3) is 3.46. The number of sulfonamides is 1. The third-order valence-electron chi connectivity index (χ3n) is 2.80.